The zero-order chi connectivity index (χ0) is 41.1. The fourth-order valence-corrected chi connectivity index (χ4v) is 8.10. The number of carbonyl (C=O) groups excluding carboxylic acids is 2. The quantitative estimate of drug-likeness (QED) is 0.0275. The van der Waals surface area contributed by atoms with Crippen molar-refractivity contribution in [2.45, 2.75) is 251 Å². The number of hydrogen-bond donors (Lipinski definition) is 4. The van der Waals surface area contributed by atoms with Gasteiger partial charge in [-0.2, -0.15) is 0 Å². The van der Waals surface area contributed by atoms with Crippen LogP contribution in [-0.2, 0) is 19.1 Å². The van der Waals surface area contributed by atoms with Crippen LogP contribution in [0.25, 0.3) is 0 Å². The highest BCUT2D eigenvalue weighted by Crippen LogP contribution is 2.37. The molecule has 7 atom stereocenters. The SMILES string of the molecule is CCCCC[C@H](O)/C=C/[C@@H]1[C@@H](CCCCCCC(=O)OC[C@@H](O)COC(=O)CCCCCCCCCCCCCCCCCCCCC(C)CC)[C@@H](O)C[C@H]1O. The smallest absolute Gasteiger partial charge is 0.305 e. The molecule has 1 saturated carbocycles. The van der Waals surface area contributed by atoms with E-state index in [0.717, 1.165) is 76.5 Å². The van der Waals surface area contributed by atoms with Gasteiger partial charge in [0.1, 0.15) is 19.3 Å². The molecule has 4 N–H and O–H groups in total. The second-order valence-electron chi connectivity index (χ2n) is 17.4. The Kier molecular flexibility index (Phi) is 34.3. The van der Waals surface area contributed by atoms with E-state index in [2.05, 4.69) is 20.8 Å². The number of rotatable bonds is 39. The van der Waals surface area contributed by atoms with Crippen LogP contribution in [0, 0.1) is 17.8 Å². The molecule has 0 aliphatic heterocycles. The molecule has 1 unspecified atom stereocenters. The van der Waals surface area contributed by atoms with Crippen LogP contribution in [-0.4, -0.2) is 70.0 Å². The van der Waals surface area contributed by atoms with E-state index in [1.807, 2.05) is 6.08 Å². The Morgan fingerprint density at radius 3 is 1.48 bits per heavy atom. The third kappa shape index (κ3) is 29.7. The number of ether oxygens (including phenoxy) is 2. The molecule has 0 spiro atoms. The van der Waals surface area contributed by atoms with Crippen molar-refractivity contribution >= 4 is 11.9 Å². The van der Waals surface area contributed by atoms with Crippen LogP contribution in [0.4, 0.5) is 0 Å². The molecule has 8 nitrogen and oxygen atoms in total. The molecule has 0 radical (unpaired) electrons. The molecular weight excluding hydrogens is 705 g/mol. The Balaban J connectivity index is 1.92. The summed E-state index contributed by atoms with van der Waals surface area (Å²) in [5, 5.41) is 41.3. The maximum atomic E-state index is 12.1. The van der Waals surface area contributed by atoms with Crippen LogP contribution < -0.4 is 0 Å². The number of esters is 2. The molecule has 1 fully saturated rings. The molecule has 8 heteroatoms. The summed E-state index contributed by atoms with van der Waals surface area (Å²) >= 11 is 0. The highest BCUT2D eigenvalue weighted by Gasteiger charge is 2.39. The Morgan fingerprint density at radius 1 is 0.589 bits per heavy atom. The Bertz CT molecular complexity index is 940. The van der Waals surface area contributed by atoms with E-state index in [1.165, 1.54) is 109 Å². The molecule has 0 aromatic rings. The fourth-order valence-electron chi connectivity index (χ4n) is 8.10. The summed E-state index contributed by atoms with van der Waals surface area (Å²) in [4.78, 5) is 24.2. The third-order valence-electron chi connectivity index (χ3n) is 12.1. The van der Waals surface area contributed by atoms with Gasteiger partial charge < -0.3 is 29.9 Å². The minimum Gasteiger partial charge on any atom is -0.463 e. The van der Waals surface area contributed by atoms with Crippen LogP contribution in [0.2, 0.25) is 0 Å². The van der Waals surface area contributed by atoms with Crippen molar-refractivity contribution in [1.82, 2.24) is 0 Å². The van der Waals surface area contributed by atoms with Gasteiger partial charge in [-0.3, -0.25) is 9.59 Å². The summed E-state index contributed by atoms with van der Waals surface area (Å²) in [6.07, 6.45) is 36.3. The summed E-state index contributed by atoms with van der Waals surface area (Å²) in [5.41, 5.74) is 0. The van der Waals surface area contributed by atoms with E-state index in [1.54, 1.807) is 6.08 Å². The summed E-state index contributed by atoms with van der Waals surface area (Å²) in [6, 6.07) is 0. The van der Waals surface area contributed by atoms with Gasteiger partial charge in [0.15, 0.2) is 0 Å². The predicted octanol–water partition coefficient (Wildman–Crippen LogP) is 11.5. The standard InChI is InChI=1S/C48H90O8/c1-4-6-25-31-41(49)35-36-44-43(45(51)37-46(44)52)32-27-23-24-29-34-48(54)56-39-42(50)38-55-47(53)33-28-22-20-18-16-14-12-10-8-7-9-11-13-15-17-19-21-26-30-40(3)5-2/h35-36,40-46,49-52H,4-34,37-39H2,1-3H3/b36-35+/t40?,41-,42-,43+,44+,45-,46+/m0/s1. The van der Waals surface area contributed by atoms with E-state index in [9.17, 15) is 30.0 Å². The molecule has 1 aliphatic rings. The highest BCUT2D eigenvalue weighted by molar-refractivity contribution is 5.69. The van der Waals surface area contributed by atoms with Crippen molar-refractivity contribution in [3.8, 4) is 0 Å². The van der Waals surface area contributed by atoms with Crippen molar-refractivity contribution in [3.63, 3.8) is 0 Å². The number of aliphatic hydroxyl groups excluding tert-OH is 4. The monoisotopic (exact) mass is 795 g/mol. The molecule has 0 aromatic heterocycles. The van der Waals surface area contributed by atoms with E-state index in [4.69, 9.17) is 9.47 Å². The average Bonchev–Trinajstić information content (AvgIpc) is 3.46. The average molecular weight is 795 g/mol. The first kappa shape index (κ1) is 52.5. The number of hydrogen-bond acceptors (Lipinski definition) is 8. The largest absolute Gasteiger partial charge is 0.463 e. The fraction of sp³-hybridized carbons (Fsp3) is 0.917. The van der Waals surface area contributed by atoms with Gasteiger partial charge in [0, 0.05) is 25.2 Å². The number of carbonyl (C=O) groups is 2. The molecule has 56 heavy (non-hydrogen) atoms. The normalized spacial score (nSPS) is 20.1. The van der Waals surface area contributed by atoms with E-state index in [0.29, 0.717) is 19.3 Å². The highest BCUT2D eigenvalue weighted by atomic mass is 16.6. The summed E-state index contributed by atoms with van der Waals surface area (Å²) < 4.78 is 10.4. The van der Waals surface area contributed by atoms with Gasteiger partial charge in [0.25, 0.3) is 0 Å². The van der Waals surface area contributed by atoms with Gasteiger partial charge in [0.2, 0.25) is 0 Å². The first-order valence-corrected chi connectivity index (χ1v) is 23.9. The molecule has 330 valence electrons. The molecule has 0 amide bonds. The lowest BCUT2D eigenvalue weighted by atomic mass is 9.88. The Morgan fingerprint density at radius 2 is 1.02 bits per heavy atom. The number of aliphatic hydroxyl groups is 4. The van der Waals surface area contributed by atoms with Crippen LogP contribution in [0.1, 0.15) is 226 Å². The molecule has 1 aliphatic carbocycles. The van der Waals surface area contributed by atoms with Gasteiger partial charge >= 0.3 is 11.9 Å². The topological polar surface area (TPSA) is 134 Å². The van der Waals surface area contributed by atoms with Gasteiger partial charge in [0.05, 0.1) is 18.3 Å². The van der Waals surface area contributed by atoms with E-state index < -0.39 is 24.4 Å². The van der Waals surface area contributed by atoms with Crippen molar-refractivity contribution in [1.29, 1.82) is 0 Å². The van der Waals surface area contributed by atoms with Gasteiger partial charge in [-0.25, -0.2) is 0 Å². The third-order valence-corrected chi connectivity index (χ3v) is 12.1. The summed E-state index contributed by atoms with van der Waals surface area (Å²) in [5.74, 6) is 0.0386. The second-order valence-corrected chi connectivity index (χ2v) is 17.4. The maximum Gasteiger partial charge on any atom is 0.305 e. The maximum absolute atomic E-state index is 12.1. The van der Waals surface area contributed by atoms with Crippen LogP contribution in [0.5, 0.6) is 0 Å². The van der Waals surface area contributed by atoms with Gasteiger partial charge in [-0.05, 0) is 37.5 Å². The minimum atomic E-state index is -1.03. The van der Waals surface area contributed by atoms with Crippen molar-refractivity contribution < 1.29 is 39.5 Å². The van der Waals surface area contributed by atoms with Gasteiger partial charge in [-0.1, -0.05) is 193 Å². The lowest BCUT2D eigenvalue weighted by Crippen LogP contribution is -2.25. The Labute approximate surface area is 344 Å². The van der Waals surface area contributed by atoms with Gasteiger partial charge in [-0.15, -0.1) is 0 Å². The predicted molar refractivity (Wildman–Crippen MR) is 230 cm³/mol. The summed E-state index contributed by atoms with van der Waals surface area (Å²) in [6.45, 7) is 6.46. The van der Waals surface area contributed by atoms with Crippen molar-refractivity contribution in [2.24, 2.45) is 17.8 Å². The lowest BCUT2D eigenvalue weighted by molar-refractivity contribution is -0.152. The molecule has 0 saturated heterocycles. The van der Waals surface area contributed by atoms with Crippen molar-refractivity contribution in [2.75, 3.05) is 13.2 Å². The molecule has 1 rings (SSSR count). The second kappa shape index (κ2) is 36.6. The lowest BCUT2D eigenvalue weighted by Gasteiger charge is -2.21. The number of unbranched alkanes of at least 4 members (excludes halogenated alkanes) is 22. The van der Waals surface area contributed by atoms with Crippen LogP contribution in [0.3, 0.4) is 0 Å². The first-order chi connectivity index (χ1) is 27.2. The summed E-state index contributed by atoms with van der Waals surface area (Å²) in [7, 11) is 0. The molecule has 0 aromatic carbocycles. The first-order valence-electron chi connectivity index (χ1n) is 23.9. The Hall–Kier alpha value is -1.48. The molecule has 0 heterocycles. The molecule has 0 bridgehead atoms. The van der Waals surface area contributed by atoms with Crippen molar-refractivity contribution in [3.05, 3.63) is 12.2 Å². The minimum absolute atomic E-state index is 0.0300. The van der Waals surface area contributed by atoms with E-state index >= 15 is 0 Å². The van der Waals surface area contributed by atoms with Crippen LogP contribution >= 0.6 is 0 Å². The van der Waals surface area contributed by atoms with E-state index in [-0.39, 0.29) is 43.4 Å². The molecular formula is C48H90O8. The zero-order valence-electron chi connectivity index (χ0n) is 36.7. The zero-order valence-corrected chi connectivity index (χ0v) is 36.7. The van der Waals surface area contributed by atoms with Crippen LogP contribution in [0.15, 0.2) is 12.2 Å².